The van der Waals surface area contributed by atoms with Crippen LogP contribution in [0.2, 0.25) is 0 Å². The lowest BCUT2D eigenvalue weighted by molar-refractivity contribution is -0.143. The number of carbonyl (C=O) groups excluding carboxylic acids is 1. The molecule has 1 amide bonds. The first kappa shape index (κ1) is 19.8. The van der Waals surface area contributed by atoms with Crippen molar-refractivity contribution in [3.05, 3.63) is 66.4 Å². The molecule has 0 aliphatic carbocycles. The molecule has 0 fully saturated rings. The highest BCUT2D eigenvalue weighted by atomic mass is 16.5. The van der Waals surface area contributed by atoms with Gasteiger partial charge in [-0.2, -0.15) is 0 Å². The second-order valence-electron chi connectivity index (χ2n) is 5.52. The Bertz CT molecular complexity index is 679. The van der Waals surface area contributed by atoms with Crippen LogP contribution in [-0.4, -0.2) is 34.4 Å². The van der Waals surface area contributed by atoms with Crippen LogP contribution in [0.15, 0.2) is 60.8 Å². The molecule has 0 spiro atoms. The molecule has 0 aliphatic heterocycles. The molecule has 7 heteroatoms. The van der Waals surface area contributed by atoms with Gasteiger partial charge in [0.2, 0.25) is 0 Å². The molecule has 0 saturated carbocycles. The fourth-order valence-corrected chi connectivity index (χ4v) is 2.03. The number of carbonyl (C=O) groups is 2. The van der Waals surface area contributed by atoms with Crippen molar-refractivity contribution in [3.8, 4) is 5.75 Å². The number of nitrogens with one attached hydrogen (secondary N) is 1. The van der Waals surface area contributed by atoms with Gasteiger partial charge in [-0.25, -0.2) is 9.59 Å². The van der Waals surface area contributed by atoms with Gasteiger partial charge in [-0.1, -0.05) is 30.9 Å². The fraction of sp³-hybridized carbons (Fsp3) is 0.222. The van der Waals surface area contributed by atoms with E-state index in [0.29, 0.717) is 11.1 Å². The quantitative estimate of drug-likeness (QED) is 0.535. The van der Waals surface area contributed by atoms with E-state index in [1.165, 1.54) is 31.3 Å². The van der Waals surface area contributed by atoms with E-state index in [4.69, 9.17) is 10.5 Å². The van der Waals surface area contributed by atoms with Gasteiger partial charge in [0.25, 0.3) is 0 Å². The number of aromatic hydroxyl groups is 1. The third kappa shape index (κ3) is 6.42. The molecule has 1 atom stereocenters. The van der Waals surface area contributed by atoms with Crippen LogP contribution in [0, 0.1) is 0 Å². The Hall–Kier alpha value is -3.22. The molecular weight excluding hydrogens is 324 g/mol. The number of aliphatic carboxylic acids is 1. The first-order chi connectivity index (χ1) is 11.8. The van der Waals surface area contributed by atoms with Crippen molar-refractivity contribution in [2.75, 3.05) is 6.61 Å². The normalized spacial score (nSPS) is 13.9. The number of amides is 1. The summed E-state index contributed by atoms with van der Waals surface area (Å²) in [7, 11) is 0. The Balaban J connectivity index is 2.77. The minimum Gasteiger partial charge on any atom is -0.508 e. The third-order valence-corrected chi connectivity index (χ3v) is 3.36. The molecule has 0 saturated heterocycles. The van der Waals surface area contributed by atoms with Gasteiger partial charge in [-0.3, -0.25) is 0 Å². The molecule has 5 N–H and O–H groups in total. The van der Waals surface area contributed by atoms with Gasteiger partial charge in [0.15, 0.2) is 0 Å². The smallest absolute Gasteiger partial charge is 0.408 e. The van der Waals surface area contributed by atoms with Gasteiger partial charge in [-0.15, -0.1) is 0 Å². The number of ether oxygens (including phenoxy) is 1. The number of carboxylic acids is 1. The average Bonchev–Trinajstić information content (AvgIpc) is 2.55. The first-order valence-electron chi connectivity index (χ1n) is 7.47. The SMILES string of the molecule is C=C/C=C(\C=C/N)COC(=O)N[C@@](C)(Cc1ccc(O)cc1)C(=O)O. The van der Waals surface area contributed by atoms with Crippen LogP contribution in [0.1, 0.15) is 12.5 Å². The lowest BCUT2D eigenvalue weighted by atomic mass is 9.93. The summed E-state index contributed by atoms with van der Waals surface area (Å²) in [5.74, 6) is -1.14. The lowest BCUT2D eigenvalue weighted by Crippen LogP contribution is -2.54. The predicted molar refractivity (Wildman–Crippen MR) is 93.9 cm³/mol. The van der Waals surface area contributed by atoms with Crippen molar-refractivity contribution in [1.29, 1.82) is 0 Å². The van der Waals surface area contributed by atoms with Crippen molar-refractivity contribution in [1.82, 2.24) is 5.32 Å². The molecule has 0 aliphatic rings. The van der Waals surface area contributed by atoms with E-state index in [2.05, 4.69) is 11.9 Å². The molecule has 1 aromatic carbocycles. The number of carboxylic acid groups (broad SMARTS) is 1. The molecule has 0 radical (unpaired) electrons. The number of nitrogens with two attached hydrogens (primary N) is 1. The van der Waals surface area contributed by atoms with Crippen LogP contribution in [0.3, 0.4) is 0 Å². The van der Waals surface area contributed by atoms with Gasteiger partial charge in [0.1, 0.15) is 17.9 Å². The van der Waals surface area contributed by atoms with Crippen molar-refractivity contribution in [2.24, 2.45) is 5.73 Å². The third-order valence-electron chi connectivity index (χ3n) is 3.36. The average molecular weight is 346 g/mol. The molecule has 0 aromatic heterocycles. The zero-order valence-corrected chi connectivity index (χ0v) is 13.9. The molecule has 0 bridgehead atoms. The topological polar surface area (TPSA) is 122 Å². The summed E-state index contributed by atoms with van der Waals surface area (Å²) in [6.45, 7) is 4.84. The number of rotatable bonds is 8. The maximum absolute atomic E-state index is 12.0. The van der Waals surface area contributed by atoms with E-state index in [-0.39, 0.29) is 18.8 Å². The summed E-state index contributed by atoms with van der Waals surface area (Å²) in [4.78, 5) is 23.6. The molecule has 25 heavy (non-hydrogen) atoms. The maximum Gasteiger partial charge on any atom is 0.408 e. The Morgan fingerprint density at radius 1 is 1.36 bits per heavy atom. The van der Waals surface area contributed by atoms with E-state index in [1.807, 2.05) is 0 Å². The second-order valence-corrected chi connectivity index (χ2v) is 5.52. The van der Waals surface area contributed by atoms with Crippen LogP contribution in [-0.2, 0) is 16.0 Å². The molecule has 0 heterocycles. The minimum atomic E-state index is -1.57. The molecule has 134 valence electrons. The number of allylic oxidation sites excluding steroid dienone is 2. The molecule has 7 nitrogen and oxygen atoms in total. The van der Waals surface area contributed by atoms with E-state index < -0.39 is 17.6 Å². The highest BCUT2D eigenvalue weighted by Gasteiger charge is 2.35. The Kier molecular flexibility index (Phi) is 7.27. The van der Waals surface area contributed by atoms with Crippen LogP contribution >= 0.6 is 0 Å². The lowest BCUT2D eigenvalue weighted by Gasteiger charge is -2.26. The van der Waals surface area contributed by atoms with Crippen LogP contribution in [0.4, 0.5) is 4.79 Å². The monoisotopic (exact) mass is 346 g/mol. The Morgan fingerprint density at radius 3 is 2.52 bits per heavy atom. The number of benzene rings is 1. The van der Waals surface area contributed by atoms with Crippen LogP contribution in [0.5, 0.6) is 5.75 Å². The largest absolute Gasteiger partial charge is 0.508 e. The van der Waals surface area contributed by atoms with Gasteiger partial charge in [-0.05, 0) is 42.5 Å². The van der Waals surface area contributed by atoms with Crippen LogP contribution < -0.4 is 11.1 Å². The van der Waals surface area contributed by atoms with Crippen molar-refractivity contribution in [2.45, 2.75) is 18.9 Å². The zero-order valence-electron chi connectivity index (χ0n) is 13.9. The van der Waals surface area contributed by atoms with Crippen molar-refractivity contribution >= 4 is 12.1 Å². The number of hydrogen-bond donors (Lipinski definition) is 4. The summed E-state index contributed by atoms with van der Waals surface area (Å²) < 4.78 is 5.04. The highest BCUT2D eigenvalue weighted by Crippen LogP contribution is 2.17. The summed E-state index contributed by atoms with van der Waals surface area (Å²) in [5.41, 5.74) is 4.97. The van der Waals surface area contributed by atoms with E-state index in [9.17, 15) is 19.8 Å². The highest BCUT2D eigenvalue weighted by molar-refractivity contribution is 5.84. The number of phenolic OH excluding ortho intramolecular Hbond substituents is 1. The minimum absolute atomic E-state index is 0.0236. The first-order valence-corrected chi connectivity index (χ1v) is 7.47. The fourth-order valence-electron chi connectivity index (χ4n) is 2.03. The maximum atomic E-state index is 12.0. The van der Waals surface area contributed by atoms with Gasteiger partial charge >= 0.3 is 12.1 Å². The predicted octanol–water partition coefficient (Wildman–Crippen LogP) is 2.09. The van der Waals surface area contributed by atoms with Gasteiger partial charge in [0.05, 0.1) is 0 Å². The van der Waals surface area contributed by atoms with E-state index >= 15 is 0 Å². The number of hydrogen-bond acceptors (Lipinski definition) is 5. The van der Waals surface area contributed by atoms with Crippen molar-refractivity contribution < 1.29 is 24.5 Å². The molecular formula is C18H22N2O5. The van der Waals surface area contributed by atoms with Gasteiger partial charge in [0, 0.05) is 6.42 Å². The summed E-state index contributed by atoms with van der Waals surface area (Å²) >= 11 is 0. The number of alkyl carbamates (subject to hydrolysis) is 1. The molecule has 0 unspecified atom stereocenters. The molecule has 1 rings (SSSR count). The summed E-state index contributed by atoms with van der Waals surface area (Å²) in [6.07, 6.45) is 5.12. The molecule has 1 aromatic rings. The van der Waals surface area contributed by atoms with E-state index in [0.717, 1.165) is 0 Å². The summed E-state index contributed by atoms with van der Waals surface area (Å²) in [5, 5.41) is 21.1. The van der Waals surface area contributed by atoms with Crippen molar-refractivity contribution in [3.63, 3.8) is 0 Å². The standard InChI is InChI=1S/C18H22N2O5/c1-3-4-14(9-10-19)12-25-17(24)20-18(2,16(22)23)11-13-5-7-15(21)8-6-13/h3-10,21H,1,11-12,19H2,2H3,(H,20,24)(H,22,23)/b10-9-,14-4+/t18-/m0/s1. The van der Waals surface area contributed by atoms with Gasteiger partial charge < -0.3 is 26.0 Å². The van der Waals surface area contributed by atoms with E-state index in [1.54, 1.807) is 24.3 Å². The number of phenols is 1. The zero-order chi connectivity index (χ0) is 18.9. The van der Waals surface area contributed by atoms with Crippen LogP contribution in [0.25, 0.3) is 0 Å². The summed E-state index contributed by atoms with van der Waals surface area (Å²) in [6, 6.07) is 6.06. The Morgan fingerprint density at radius 2 is 2.00 bits per heavy atom. The second kappa shape index (κ2) is 9.17. The Labute approximate surface area is 146 Å².